The molecule has 0 atom stereocenters. The van der Waals surface area contributed by atoms with Crippen LogP contribution in [-0.4, -0.2) is 46.8 Å². The average Bonchev–Trinajstić information content (AvgIpc) is 3.01. The highest BCUT2D eigenvalue weighted by Crippen LogP contribution is 2.34. The molecular formula is C38H42N4O9. The van der Waals surface area contributed by atoms with Crippen molar-refractivity contribution in [2.75, 3.05) is 16.0 Å². The van der Waals surface area contributed by atoms with Crippen molar-refractivity contribution < 1.29 is 43.2 Å². The van der Waals surface area contributed by atoms with Crippen molar-refractivity contribution >= 4 is 63.9 Å². The lowest BCUT2D eigenvalue weighted by molar-refractivity contribution is -0.151. The Labute approximate surface area is 296 Å². The number of hydrogen-bond donors (Lipinski definition) is 4. The first-order valence-electron chi connectivity index (χ1n) is 15.8. The van der Waals surface area contributed by atoms with Gasteiger partial charge in [0.05, 0.1) is 19.3 Å². The normalized spacial score (nSPS) is 10.1. The van der Waals surface area contributed by atoms with Gasteiger partial charge in [-0.1, -0.05) is 43.0 Å². The van der Waals surface area contributed by atoms with Gasteiger partial charge in [0, 0.05) is 28.7 Å². The highest BCUT2D eigenvalue weighted by molar-refractivity contribution is 6.04. The maximum Gasteiger partial charge on any atom is 0.339 e. The minimum atomic E-state index is -0.597. The molecule has 3 rings (SSSR count). The van der Waals surface area contributed by atoms with Crippen molar-refractivity contribution in [3.05, 3.63) is 102 Å². The van der Waals surface area contributed by atoms with Crippen LogP contribution in [0.5, 0.6) is 0 Å². The maximum atomic E-state index is 12.0. The average molecular weight is 699 g/mol. The summed E-state index contributed by atoms with van der Waals surface area (Å²) in [5.41, 5.74) is 7.16. The molecule has 3 amide bonds. The predicted molar refractivity (Wildman–Crippen MR) is 191 cm³/mol. The highest BCUT2D eigenvalue weighted by atomic mass is 16.7. The van der Waals surface area contributed by atoms with E-state index in [1.807, 2.05) is 36.4 Å². The Morgan fingerprint density at radius 3 is 1.00 bits per heavy atom. The van der Waals surface area contributed by atoms with Crippen LogP contribution < -0.4 is 21.4 Å². The van der Waals surface area contributed by atoms with Gasteiger partial charge in [0.2, 0.25) is 17.7 Å². The summed E-state index contributed by atoms with van der Waals surface area (Å²) >= 11 is 0. The van der Waals surface area contributed by atoms with Gasteiger partial charge < -0.3 is 20.8 Å². The van der Waals surface area contributed by atoms with E-state index < -0.39 is 5.97 Å². The second kappa shape index (κ2) is 20.3. The van der Waals surface area contributed by atoms with Gasteiger partial charge >= 0.3 is 5.97 Å². The quantitative estimate of drug-likeness (QED) is 0.0881. The van der Waals surface area contributed by atoms with Crippen LogP contribution in [-0.2, 0) is 43.2 Å². The molecule has 0 aliphatic carbocycles. The molecule has 0 radical (unpaired) electrons. The third kappa shape index (κ3) is 16.1. The van der Waals surface area contributed by atoms with E-state index in [4.69, 9.17) is 0 Å². The third-order valence-corrected chi connectivity index (χ3v) is 6.54. The second-order valence-electron chi connectivity index (χ2n) is 11.8. The van der Waals surface area contributed by atoms with E-state index in [0.717, 1.165) is 16.7 Å². The predicted octanol–water partition coefficient (Wildman–Crippen LogP) is 5.17. The molecule has 0 aliphatic rings. The molecule has 13 heteroatoms. The van der Waals surface area contributed by atoms with E-state index in [-0.39, 0.29) is 72.5 Å². The van der Waals surface area contributed by atoms with E-state index in [2.05, 4.69) is 32.8 Å². The zero-order valence-corrected chi connectivity index (χ0v) is 29.2. The minimum Gasteiger partial charge on any atom is -0.343 e. The summed E-state index contributed by atoms with van der Waals surface area (Å²) in [6, 6.07) is 21.8. The molecule has 4 N–H and O–H groups in total. The van der Waals surface area contributed by atoms with E-state index in [9.17, 15) is 38.4 Å². The zero-order chi connectivity index (χ0) is 38.1. The molecule has 0 saturated heterocycles. The van der Waals surface area contributed by atoms with Crippen molar-refractivity contribution in [1.29, 1.82) is 0 Å². The van der Waals surface area contributed by atoms with Crippen LogP contribution >= 0.6 is 0 Å². The Bertz CT molecular complexity index is 1590. The molecule has 0 unspecified atom stereocenters. The van der Waals surface area contributed by atoms with Crippen LogP contribution in [0.3, 0.4) is 0 Å². The molecule has 0 heterocycles. The fourth-order valence-corrected chi connectivity index (χ4v) is 4.53. The van der Waals surface area contributed by atoms with Gasteiger partial charge in [0.1, 0.15) is 29.6 Å². The molecule has 0 aromatic heterocycles. The van der Waals surface area contributed by atoms with E-state index in [0.29, 0.717) is 22.8 Å². The summed E-state index contributed by atoms with van der Waals surface area (Å²) in [4.78, 5) is 95.0. The molecule has 0 bridgehead atoms. The van der Waals surface area contributed by atoms with Crippen LogP contribution in [0, 0.1) is 0 Å². The van der Waals surface area contributed by atoms with Gasteiger partial charge in [-0.15, -0.1) is 0 Å². The summed E-state index contributed by atoms with van der Waals surface area (Å²) in [6.45, 7) is 10.5. The monoisotopic (exact) mass is 698 g/mol. The second-order valence-corrected chi connectivity index (χ2v) is 11.8. The minimum absolute atomic E-state index is 0.199. The molecule has 0 fully saturated rings. The zero-order valence-electron chi connectivity index (χ0n) is 29.2. The van der Waals surface area contributed by atoms with Crippen molar-refractivity contribution in [3.8, 4) is 0 Å². The number of hydrogen-bond acceptors (Lipinski definition) is 10. The number of hydroxylamine groups is 1. The van der Waals surface area contributed by atoms with Gasteiger partial charge in [-0.2, -0.15) is 0 Å². The van der Waals surface area contributed by atoms with Crippen molar-refractivity contribution in [2.45, 2.75) is 66.2 Å². The van der Waals surface area contributed by atoms with Crippen molar-refractivity contribution in [2.24, 2.45) is 0 Å². The SMILES string of the molecule is C=C(C)NOC(=O)CC(C)=O.CC(=O)CC(=O)Nc1ccc(C(c2ccc(NC(=O)CC(C)=O)cc2)c2ccc(NC(=O)CC(C)=O)cc2)cc1. The standard InChI is InChI=1S/C31H31N3O6.C7H11NO3/c1-19(35)16-28(38)32-25-10-4-22(5-11-25)31(23-6-12-26(13-7-23)33-29(39)17-20(2)36)24-8-14-27(15-9-24)34-30(40)18-21(3)37;1-5(2)8-11-7(10)4-6(3)9/h4-15,31H,16-18H2,1-3H3,(H,32,38)(H,33,39)(H,34,40);8H,1,4H2,2-3H3. The molecular weight excluding hydrogens is 656 g/mol. The number of nitrogens with one attached hydrogen (secondary N) is 4. The van der Waals surface area contributed by atoms with E-state index in [1.54, 1.807) is 43.3 Å². The first-order valence-corrected chi connectivity index (χ1v) is 15.8. The molecule has 3 aromatic carbocycles. The lowest BCUT2D eigenvalue weighted by Gasteiger charge is -2.20. The molecule has 3 aromatic rings. The van der Waals surface area contributed by atoms with Gasteiger partial charge in [-0.05, 0) is 87.7 Å². The first kappa shape index (κ1) is 40.9. The Hall–Kier alpha value is -6.24. The largest absolute Gasteiger partial charge is 0.343 e. The van der Waals surface area contributed by atoms with Crippen molar-refractivity contribution in [3.63, 3.8) is 0 Å². The number of rotatable bonds is 16. The Morgan fingerprint density at radius 1 is 0.490 bits per heavy atom. The fraction of sp³-hybridized carbons (Fsp3) is 0.263. The summed E-state index contributed by atoms with van der Waals surface area (Å²) < 4.78 is 0. The number of carbonyl (C=O) groups excluding carboxylic acids is 8. The number of benzene rings is 3. The number of allylic oxidation sites excluding steroid dienone is 1. The number of carbonyl (C=O) groups is 8. The van der Waals surface area contributed by atoms with Crippen LogP contribution in [0.4, 0.5) is 17.1 Å². The summed E-state index contributed by atoms with van der Waals surface area (Å²) in [7, 11) is 0. The first-order chi connectivity index (χ1) is 24.0. The number of anilines is 3. The fourth-order valence-electron chi connectivity index (χ4n) is 4.53. The summed E-state index contributed by atoms with van der Waals surface area (Å²) in [6.07, 6.45) is -0.806. The van der Waals surface area contributed by atoms with E-state index in [1.165, 1.54) is 27.7 Å². The number of ketones is 4. The lowest BCUT2D eigenvalue weighted by atomic mass is 9.85. The Balaban J connectivity index is 0.000000705. The molecule has 0 saturated carbocycles. The lowest BCUT2D eigenvalue weighted by Crippen LogP contribution is -2.19. The Kier molecular flexibility index (Phi) is 16.3. The molecule has 0 aliphatic heterocycles. The van der Waals surface area contributed by atoms with Gasteiger partial charge in [-0.25, -0.2) is 10.3 Å². The topological polar surface area (TPSA) is 194 Å². The van der Waals surface area contributed by atoms with Crippen molar-refractivity contribution in [1.82, 2.24) is 5.48 Å². The number of amides is 3. The Morgan fingerprint density at radius 2 is 0.765 bits per heavy atom. The van der Waals surface area contributed by atoms with Crippen LogP contribution in [0.25, 0.3) is 0 Å². The third-order valence-electron chi connectivity index (χ3n) is 6.54. The van der Waals surface area contributed by atoms with Crippen LogP contribution in [0.2, 0.25) is 0 Å². The van der Waals surface area contributed by atoms with Crippen LogP contribution in [0.15, 0.2) is 85.1 Å². The highest BCUT2D eigenvalue weighted by Gasteiger charge is 2.18. The molecule has 268 valence electrons. The smallest absolute Gasteiger partial charge is 0.339 e. The molecule has 0 spiro atoms. The molecule has 51 heavy (non-hydrogen) atoms. The van der Waals surface area contributed by atoms with Gasteiger partial charge in [0.15, 0.2) is 0 Å². The molecule has 13 nitrogen and oxygen atoms in total. The van der Waals surface area contributed by atoms with Crippen LogP contribution in [0.1, 0.15) is 82.9 Å². The summed E-state index contributed by atoms with van der Waals surface area (Å²) in [5.74, 6) is -2.90. The number of Topliss-reactive ketones (excluding diaryl/α,β-unsaturated/α-hetero) is 4. The van der Waals surface area contributed by atoms with Gasteiger partial charge in [0.25, 0.3) is 0 Å². The maximum absolute atomic E-state index is 12.0. The summed E-state index contributed by atoms with van der Waals surface area (Å²) in [5, 5.41) is 8.13. The van der Waals surface area contributed by atoms with E-state index >= 15 is 0 Å². The van der Waals surface area contributed by atoms with Gasteiger partial charge in [-0.3, -0.25) is 33.6 Å².